The number of nitrogens with one attached hydrogen (secondary N) is 1. The van der Waals surface area contributed by atoms with Crippen LogP contribution in [0.4, 0.5) is 0 Å². The Bertz CT molecular complexity index is 149. The number of amides is 1. The average molecular weight is 186 g/mol. The Morgan fingerprint density at radius 3 is 2.69 bits per heavy atom. The molecule has 0 bridgehead atoms. The molecule has 1 amide bonds. The summed E-state index contributed by atoms with van der Waals surface area (Å²) >= 11 is 0. The van der Waals surface area contributed by atoms with Crippen LogP contribution in [0.2, 0.25) is 0 Å². The van der Waals surface area contributed by atoms with E-state index in [1.807, 2.05) is 0 Å². The van der Waals surface area contributed by atoms with Gasteiger partial charge in [-0.3, -0.25) is 4.79 Å². The summed E-state index contributed by atoms with van der Waals surface area (Å²) in [6, 6.07) is 0. The monoisotopic (exact) mass is 186 g/mol. The molecule has 4 heteroatoms. The Hall–Kier alpha value is -0.900. The van der Waals surface area contributed by atoms with Crippen LogP contribution in [-0.2, 0) is 9.59 Å². The Balaban J connectivity index is 3.12. The molecule has 0 atom stereocenters. The fourth-order valence-electron chi connectivity index (χ4n) is 0.952. The van der Waals surface area contributed by atoms with E-state index in [-0.39, 0.29) is 5.91 Å². The molecule has 13 heavy (non-hydrogen) atoms. The molecular formula is C9H18N2O2. The predicted octanol–water partition coefficient (Wildman–Crippen LogP) is 0.211. The summed E-state index contributed by atoms with van der Waals surface area (Å²) in [6.45, 7) is 1.40. The van der Waals surface area contributed by atoms with E-state index in [4.69, 9.17) is 5.73 Å². The van der Waals surface area contributed by atoms with Crippen molar-refractivity contribution in [3.05, 3.63) is 0 Å². The third kappa shape index (κ3) is 9.01. The van der Waals surface area contributed by atoms with Gasteiger partial charge in [0.2, 0.25) is 5.91 Å². The van der Waals surface area contributed by atoms with Crippen LogP contribution in [0.5, 0.6) is 0 Å². The zero-order chi connectivity index (χ0) is 9.94. The summed E-state index contributed by atoms with van der Waals surface area (Å²) < 4.78 is 0. The maximum absolute atomic E-state index is 10.9. The first kappa shape index (κ1) is 12.1. The van der Waals surface area contributed by atoms with E-state index >= 15 is 0 Å². The minimum Gasteiger partial charge on any atom is -0.356 e. The molecule has 0 radical (unpaired) electrons. The van der Waals surface area contributed by atoms with Crippen molar-refractivity contribution in [2.24, 2.45) is 5.73 Å². The topological polar surface area (TPSA) is 72.2 Å². The SMILES string of the molecule is NCCCCCNC(=O)CCC=O. The van der Waals surface area contributed by atoms with Crippen LogP contribution >= 0.6 is 0 Å². The Morgan fingerprint density at radius 1 is 1.31 bits per heavy atom. The van der Waals surface area contributed by atoms with Crippen LogP contribution < -0.4 is 11.1 Å². The normalized spacial score (nSPS) is 9.62. The van der Waals surface area contributed by atoms with Crippen molar-refractivity contribution in [1.29, 1.82) is 0 Å². The van der Waals surface area contributed by atoms with Gasteiger partial charge in [0.25, 0.3) is 0 Å². The molecule has 4 nitrogen and oxygen atoms in total. The summed E-state index contributed by atoms with van der Waals surface area (Å²) in [6.07, 6.45) is 4.39. The number of nitrogens with two attached hydrogens (primary N) is 1. The molecule has 0 heterocycles. The molecule has 0 aliphatic rings. The fraction of sp³-hybridized carbons (Fsp3) is 0.778. The van der Waals surface area contributed by atoms with Crippen molar-refractivity contribution in [1.82, 2.24) is 5.32 Å². The molecular weight excluding hydrogens is 168 g/mol. The lowest BCUT2D eigenvalue weighted by Crippen LogP contribution is -2.24. The van der Waals surface area contributed by atoms with Crippen molar-refractivity contribution in [2.45, 2.75) is 32.1 Å². The van der Waals surface area contributed by atoms with Crippen molar-refractivity contribution >= 4 is 12.2 Å². The first-order chi connectivity index (χ1) is 6.31. The van der Waals surface area contributed by atoms with E-state index in [1.165, 1.54) is 0 Å². The van der Waals surface area contributed by atoms with Gasteiger partial charge in [0.15, 0.2) is 0 Å². The Morgan fingerprint density at radius 2 is 2.08 bits per heavy atom. The van der Waals surface area contributed by atoms with Gasteiger partial charge in [-0.1, -0.05) is 6.42 Å². The molecule has 0 aliphatic heterocycles. The Kier molecular flexibility index (Phi) is 8.55. The van der Waals surface area contributed by atoms with Crippen LogP contribution in [0.1, 0.15) is 32.1 Å². The van der Waals surface area contributed by atoms with Crippen molar-refractivity contribution in [3.8, 4) is 0 Å². The van der Waals surface area contributed by atoms with Crippen LogP contribution in [-0.4, -0.2) is 25.3 Å². The lowest BCUT2D eigenvalue weighted by molar-refractivity contribution is -0.122. The van der Waals surface area contributed by atoms with Gasteiger partial charge in [-0.25, -0.2) is 0 Å². The maximum atomic E-state index is 10.9. The van der Waals surface area contributed by atoms with Gasteiger partial charge in [0, 0.05) is 19.4 Å². The molecule has 0 saturated heterocycles. The molecule has 0 unspecified atom stereocenters. The molecule has 3 N–H and O–H groups in total. The van der Waals surface area contributed by atoms with Crippen molar-refractivity contribution < 1.29 is 9.59 Å². The van der Waals surface area contributed by atoms with Crippen molar-refractivity contribution in [2.75, 3.05) is 13.1 Å². The number of hydrogen-bond donors (Lipinski definition) is 2. The smallest absolute Gasteiger partial charge is 0.220 e. The highest BCUT2D eigenvalue weighted by atomic mass is 16.1. The fourth-order valence-corrected chi connectivity index (χ4v) is 0.952. The standard InChI is InChI=1S/C9H18N2O2/c10-6-2-1-3-7-11-9(13)5-4-8-12/h8H,1-7,10H2,(H,11,13). The van der Waals surface area contributed by atoms with Crippen LogP contribution in [0, 0.1) is 0 Å². The average Bonchev–Trinajstić information content (AvgIpc) is 2.14. The molecule has 0 aromatic carbocycles. The highest BCUT2D eigenvalue weighted by Gasteiger charge is 1.98. The first-order valence-electron chi connectivity index (χ1n) is 4.71. The molecule has 0 fully saturated rings. The number of rotatable bonds is 8. The van der Waals surface area contributed by atoms with E-state index in [0.717, 1.165) is 25.5 Å². The second kappa shape index (κ2) is 9.19. The lowest BCUT2D eigenvalue weighted by Gasteiger charge is -2.02. The minimum atomic E-state index is -0.0418. The van der Waals surface area contributed by atoms with E-state index in [0.29, 0.717) is 25.9 Å². The van der Waals surface area contributed by atoms with Gasteiger partial charge in [-0.15, -0.1) is 0 Å². The highest BCUT2D eigenvalue weighted by Crippen LogP contribution is 1.91. The Labute approximate surface area is 78.9 Å². The van der Waals surface area contributed by atoms with E-state index < -0.39 is 0 Å². The van der Waals surface area contributed by atoms with Crippen molar-refractivity contribution in [3.63, 3.8) is 0 Å². The highest BCUT2D eigenvalue weighted by molar-refractivity contribution is 5.77. The van der Waals surface area contributed by atoms with Gasteiger partial charge < -0.3 is 15.8 Å². The number of carbonyl (C=O) groups excluding carboxylic acids is 2. The molecule has 0 saturated carbocycles. The third-order valence-electron chi connectivity index (χ3n) is 1.69. The summed E-state index contributed by atoms with van der Waals surface area (Å²) in [5.74, 6) is -0.0418. The molecule has 76 valence electrons. The van der Waals surface area contributed by atoms with E-state index in [9.17, 15) is 9.59 Å². The van der Waals surface area contributed by atoms with Crippen LogP contribution in [0.3, 0.4) is 0 Å². The minimum absolute atomic E-state index is 0.0418. The summed E-state index contributed by atoms with van der Waals surface area (Å²) in [5.41, 5.74) is 5.31. The second-order valence-corrected chi connectivity index (χ2v) is 2.90. The van der Waals surface area contributed by atoms with Crippen LogP contribution in [0.15, 0.2) is 0 Å². The molecule has 0 rings (SSSR count). The molecule has 0 spiro atoms. The summed E-state index contributed by atoms with van der Waals surface area (Å²) in [7, 11) is 0. The zero-order valence-corrected chi connectivity index (χ0v) is 7.92. The third-order valence-corrected chi connectivity index (χ3v) is 1.69. The molecule has 0 aliphatic carbocycles. The van der Waals surface area contributed by atoms with E-state index in [1.54, 1.807) is 0 Å². The number of hydrogen-bond acceptors (Lipinski definition) is 3. The quantitative estimate of drug-likeness (QED) is 0.420. The van der Waals surface area contributed by atoms with Gasteiger partial charge in [0.1, 0.15) is 6.29 Å². The zero-order valence-electron chi connectivity index (χ0n) is 7.92. The predicted molar refractivity (Wildman–Crippen MR) is 51.2 cm³/mol. The first-order valence-corrected chi connectivity index (χ1v) is 4.71. The van der Waals surface area contributed by atoms with Gasteiger partial charge in [-0.2, -0.15) is 0 Å². The maximum Gasteiger partial charge on any atom is 0.220 e. The summed E-state index contributed by atoms with van der Waals surface area (Å²) in [5, 5.41) is 2.74. The number of aldehydes is 1. The number of carbonyl (C=O) groups is 2. The van der Waals surface area contributed by atoms with E-state index in [2.05, 4.69) is 5.32 Å². The van der Waals surface area contributed by atoms with Gasteiger partial charge in [-0.05, 0) is 19.4 Å². The van der Waals surface area contributed by atoms with Crippen LogP contribution in [0.25, 0.3) is 0 Å². The van der Waals surface area contributed by atoms with Gasteiger partial charge >= 0.3 is 0 Å². The molecule has 0 aromatic heterocycles. The second-order valence-electron chi connectivity index (χ2n) is 2.90. The lowest BCUT2D eigenvalue weighted by atomic mass is 10.2. The number of unbranched alkanes of at least 4 members (excludes halogenated alkanes) is 2. The largest absolute Gasteiger partial charge is 0.356 e. The van der Waals surface area contributed by atoms with Gasteiger partial charge in [0.05, 0.1) is 0 Å². The molecule has 0 aromatic rings. The summed E-state index contributed by atoms with van der Waals surface area (Å²) in [4.78, 5) is 20.9.